The minimum Gasteiger partial charge on any atom is -1.00 e. The molecule has 0 aromatic heterocycles. The summed E-state index contributed by atoms with van der Waals surface area (Å²) in [5.74, 6) is -0.0735. The van der Waals surface area contributed by atoms with E-state index in [1.807, 2.05) is 23.1 Å². The number of halogens is 6. The lowest BCUT2D eigenvalue weighted by Gasteiger charge is -2.50. The molecule has 81 heavy (non-hydrogen) atoms. The Morgan fingerprint density at radius 3 is 1.19 bits per heavy atom. The largest absolute Gasteiger partial charge is 1.00 e. The maximum Gasteiger partial charge on any atom is 0.221 e. The molecule has 0 amide bonds. The average molecular weight is 1800 g/mol. The second-order valence-electron chi connectivity index (χ2n) is 22.1. The van der Waals surface area contributed by atoms with Crippen molar-refractivity contribution in [3.8, 4) is 6.19 Å². The molecule has 12 fully saturated rings. The summed E-state index contributed by atoms with van der Waals surface area (Å²) in [6.07, 6.45) is 8.62. The molecular weight excluding hydrogens is 1700 g/mol. The van der Waals surface area contributed by atoms with E-state index in [-0.39, 0.29) is 97.2 Å². The van der Waals surface area contributed by atoms with E-state index < -0.39 is 0 Å². The van der Waals surface area contributed by atoms with E-state index in [0.717, 1.165) is 38.9 Å². The van der Waals surface area contributed by atoms with Crippen LogP contribution in [0.25, 0.3) is 0 Å². The van der Waals surface area contributed by atoms with Gasteiger partial charge in [0.2, 0.25) is 18.1 Å². The zero-order valence-electron chi connectivity index (χ0n) is 48.0. The summed E-state index contributed by atoms with van der Waals surface area (Å²) in [4.78, 5) is 21.8. The number of guanidine groups is 3. The Bertz CT molecular complexity index is 1930. The van der Waals surface area contributed by atoms with Crippen molar-refractivity contribution in [2.45, 2.75) is 46.0 Å². The van der Waals surface area contributed by atoms with E-state index in [1.165, 1.54) is 247 Å². The van der Waals surface area contributed by atoms with Crippen LogP contribution in [0.4, 0.5) is 0 Å². The molecule has 0 radical (unpaired) electrons. The SMILES string of the molecule is C.C1CN2CCN1CC2.ICCCI.ICCC[N+]12CCN(CC1)CC2.N#CN=C(N)N.N=C(N=C(N)N)N(CCC[N+]12CCN(CC1)CC2)CCc1ccccc1.[I-].[I-].[I-].c1ccc(CCNCCC[N+]23CCN(CC2)CC3)cc1. The van der Waals surface area contributed by atoms with Crippen LogP contribution in [-0.4, -0.2) is 277 Å². The zero-order valence-corrected chi connectivity index (χ0v) is 60.9. The summed E-state index contributed by atoms with van der Waals surface area (Å²) in [6, 6.07) is 21.1. The quantitative estimate of drug-likeness (QED) is 0.0149. The Kier molecular flexibility index (Phi) is 44.1. The van der Waals surface area contributed by atoms with Crippen molar-refractivity contribution in [3.63, 3.8) is 0 Å². The number of aliphatic imine (C=N–C) groups is 2. The maximum atomic E-state index is 8.23. The van der Waals surface area contributed by atoms with Crippen LogP contribution < -0.4 is 100 Å². The molecule has 0 atom stereocenters. The number of nitrogens with zero attached hydrogens (tertiary/aromatic N) is 12. The highest BCUT2D eigenvalue weighted by Gasteiger charge is 2.40. The monoisotopic (exact) mass is 1800 g/mol. The molecule has 0 spiro atoms. The van der Waals surface area contributed by atoms with Crippen LogP contribution in [-0.2, 0) is 12.8 Å². The van der Waals surface area contributed by atoms with E-state index in [9.17, 15) is 0 Å². The van der Waals surface area contributed by atoms with E-state index in [2.05, 4.69) is 150 Å². The number of rotatable bonds is 19. The molecule has 14 rings (SSSR count). The first-order valence-electron chi connectivity index (χ1n) is 29.0. The molecule has 2 aromatic carbocycles. The van der Waals surface area contributed by atoms with Crippen LogP contribution in [0.2, 0.25) is 0 Å². The molecule has 12 saturated heterocycles. The molecule has 2 aromatic rings. The molecule has 12 aliphatic heterocycles. The van der Waals surface area contributed by atoms with Gasteiger partial charge in [-0.25, -0.2) is 0 Å². The van der Waals surface area contributed by atoms with Crippen molar-refractivity contribution < 1.29 is 85.4 Å². The number of benzene rings is 2. The summed E-state index contributed by atoms with van der Waals surface area (Å²) in [6.45, 7) is 39.9. The molecule has 12 aliphatic rings. The highest BCUT2D eigenvalue weighted by atomic mass is 127. The van der Waals surface area contributed by atoms with Crippen molar-refractivity contribution in [2.75, 3.05) is 216 Å². The Labute approximate surface area is 582 Å². The number of nitrogens with two attached hydrogens (primary N) is 4. The van der Waals surface area contributed by atoms with Gasteiger partial charge in [0.25, 0.3) is 0 Å². The fourth-order valence-corrected chi connectivity index (χ4v) is 14.4. The fraction of sp³-hybridized carbons (Fsp3) is 0.719. The number of alkyl halides is 3. The minimum absolute atomic E-state index is 0. The first-order chi connectivity index (χ1) is 37.4. The van der Waals surface area contributed by atoms with Gasteiger partial charge in [-0.2, -0.15) is 10.3 Å². The van der Waals surface area contributed by atoms with Gasteiger partial charge < -0.3 is 119 Å². The minimum atomic E-state index is -0.197. The number of hydrogen-bond acceptors (Lipinski definition) is 9. The van der Waals surface area contributed by atoms with Gasteiger partial charge in [-0.05, 0) is 36.9 Å². The summed E-state index contributed by atoms with van der Waals surface area (Å²) >= 11 is 7.26. The molecular formula is C57H104I6N18. The van der Waals surface area contributed by atoms with E-state index in [0.29, 0.717) is 0 Å². The normalized spacial score (nSPS) is 26.2. The number of nitriles is 1. The molecule has 0 unspecified atom stereocenters. The van der Waals surface area contributed by atoms with Crippen LogP contribution in [0.15, 0.2) is 70.6 Å². The van der Waals surface area contributed by atoms with Crippen LogP contribution in [0.1, 0.15) is 44.2 Å². The fourth-order valence-electron chi connectivity index (χ4n) is 11.8. The Morgan fingerprint density at radius 2 is 0.864 bits per heavy atom. The molecule has 8 bridgehead atoms. The molecule has 0 aliphatic carbocycles. The first-order valence-corrected chi connectivity index (χ1v) is 33.5. The highest BCUT2D eigenvalue weighted by molar-refractivity contribution is 14.1. The van der Waals surface area contributed by atoms with E-state index >= 15 is 0 Å². The molecule has 24 heteroatoms. The molecule has 0 saturated carbocycles. The Morgan fingerprint density at radius 1 is 0.506 bits per heavy atom. The predicted octanol–water partition coefficient (Wildman–Crippen LogP) is -5.16. The van der Waals surface area contributed by atoms with Gasteiger partial charge in [0.15, 0.2) is 5.96 Å². The topological polar surface area (TPSA) is 208 Å². The number of nitrogens with one attached hydrogen (secondary N) is 2. The van der Waals surface area contributed by atoms with Crippen molar-refractivity contribution >= 4 is 85.7 Å². The lowest BCUT2D eigenvalue weighted by molar-refractivity contribution is -0.941. The van der Waals surface area contributed by atoms with Crippen LogP contribution in [0.3, 0.4) is 0 Å². The van der Waals surface area contributed by atoms with Crippen molar-refractivity contribution in [3.05, 3.63) is 71.8 Å². The summed E-state index contributed by atoms with van der Waals surface area (Å²) in [5, 5.41) is 19.5. The van der Waals surface area contributed by atoms with Crippen LogP contribution in [0.5, 0.6) is 0 Å². The average Bonchev–Trinajstić information content (AvgIpc) is 3.48. The summed E-state index contributed by atoms with van der Waals surface area (Å²) in [7, 11) is 0. The lowest BCUT2D eigenvalue weighted by Crippen LogP contribution is -3.00. The maximum absolute atomic E-state index is 8.23. The third kappa shape index (κ3) is 31.1. The van der Waals surface area contributed by atoms with Gasteiger partial charge >= 0.3 is 0 Å². The van der Waals surface area contributed by atoms with Crippen molar-refractivity contribution in [2.24, 2.45) is 32.9 Å². The van der Waals surface area contributed by atoms with Gasteiger partial charge in [0, 0.05) is 150 Å². The third-order valence-electron chi connectivity index (χ3n) is 17.0. The highest BCUT2D eigenvalue weighted by Crippen LogP contribution is 2.22. The van der Waals surface area contributed by atoms with Crippen LogP contribution in [0, 0.1) is 16.9 Å². The van der Waals surface area contributed by atoms with Crippen LogP contribution >= 0.6 is 67.8 Å². The second kappa shape index (κ2) is 45.3. The molecule has 18 nitrogen and oxygen atoms in total. The lowest BCUT2D eigenvalue weighted by atomic mass is 10.1. The summed E-state index contributed by atoms with van der Waals surface area (Å²) < 4.78 is 8.04. The van der Waals surface area contributed by atoms with Gasteiger partial charge in [0.05, 0.1) is 78.5 Å². The number of quaternary nitrogens is 3. The predicted molar refractivity (Wildman–Crippen MR) is 353 cm³/mol. The van der Waals surface area contributed by atoms with Gasteiger partial charge in [-0.1, -0.05) is 136 Å². The first kappa shape index (κ1) is 79.0. The molecule has 12 heterocycles. The van der Waals surface area contributed by atoms with Crippen molar-refractivity contribution in [1.29, 1.82) is 10.7 Å². The van der Waals surface area contributed by atoms with E-state index in [4.69, 9.17) is 33.6 Å². The molecule has 10 N–H and O–H groups in total. The third-order valence-corrected chi connectivity index (χ3v) is 19.2. The summed E-state index contributed by atoms with van der Waals surface area (Å²) in [5.41, 5.74) is 23.1. The second-order valence-corrected chi connectivity index (χ2v) is 25.3. The Hall–Kier alpha value is -0.0400. The van der Waals surface area contributed by atoms with E-state index in [1.54, 1.807) is 0 Å². The van der Waals surface area contributed by atoms with Gasteiger partial charge in [-0.3, -0.25) is 29.9 Å². The standard InChI is InChI=1S/C19H32N7.C17H28N3.C9H18IN2.C6H12N2.C3H6I2.C2H4N4.CH4.3HI/c20-18(21)23-19(22)25(9-7-17-5-2-1-3-6-17)8-4-13-26-14-10-24(11-15-26)12-16-26;1-2-5-17(6-3-1)7-9-18-8-4-13-20-14-10-19(11-15-20)12-16-20;10-2-1-6-12-7-3-11(4-8-12)5-9-12;1-2-8-5-3-7(1)4-6-8;4-2-1-3-5;3-1-6-2(4)5;;;;/h1-3,5-6H,4,7-16H2,(H5,20,21,22,23);1-3,5-6,18H,4,7-16H2;1-9H2;1-6H2;1-3H2;(H4,4,5,6);1H4;3*1H/q3*+1;;;;;;;/p-3. The zero-order chi connectivity index (χ0) is 55.0. The Balaban J connectivity index is 0.000000527. The number of fused-ring (bicyclic) bond motifs is 12. The smallest absolute Gasteiger partial charge is 0.221 e. The molecule has 464 valence electrons. The number of hydrogen-bond donors (Lipinski definition) is 6. The number of piperazine rings is 12. The van der Waals surface area contributed by atoms with Gasteiger partial charge in [0.1, 0.15) is 0 Å². The van der Waals surface area contributed by atoms with Crippen molar-refractivity contribution in [1.82, 2.24) is 34.7 Å². The van der Waals surface area contributed by atoms with Gasteiger partial charge in [-0.15, -0.1) is 4.99 Å².